The molecule has 0 spiro atoms. The van der Waals surface area contributed by atoms with E-state index in [0.29, 0.717) is 11.3 Å². The van der Waals surface area contributed by atoms with Gasteiger partial charge in [0.05, 0.1) is 17.9 Å². The van der Waals surface area contributed by atoms with Gasteiger partial charge in [-0.15, -0.1) is 0 Å². The van der Waals surface area contributed by atoms with Crippen LogP contribution in [0.2, 0.25) is 0 Å². The summed E-state index contributed by atoms with van der Waals surface area (Å²) in [6.07, 6.45) is 7.30. The molecule has 4 aromatic heterocycles. The van der Waals surface area contributed by atoms with E-state index in [0.717, 1.165) is 22.2 Å². The number of benzene rings is 1. The lowest BCUT2D eigenvalue weighted by Crippen LogP contribution is -2.23. The molecule has 35 heavy (non-hydrogen) atoms. The highest BCUT2D eigenvalue weighted by Crippen LogP contribution is 2.33. The SMILES string of the molecule is Cn1cc(-c2ccc3c(-c4ccc(C(C(N)=O)c5cc(C(C)(C)C)on5)c(F)c4)cnn3c2)cn1. The summed E-state index contributed by atoms with van der Waals surface area (Å²) in [7, 11) is 1.86. The van der Waals surface area contributed by atoms with Crippen LogP contribution in [-0.4, -0.2) is 30.5 Å². The Morgan fingerprint density at radius 1 is 1.03 bits per heavy atom. The minimum Gasteiger partial charge on any atom is -0.369 e. The van der Waals surface area contributed by atoms with Crippen molar-refractivity contribution < 1.29 is 13.7 Å². The number of nitrogens with zero attached hydrogens (tertiary/aromatic N) is 5. The topological polar surface area (TPSA) is 104 Å². The summed E-state index contributed by atoms with van der Waals surface area (Å²) in [5, 5.41) is 12.7. The highest BCUT2D eigenvalue weighted by Gasteiger charge is 2.29. The number of fused-ring (bicyclic) bond motifs is 1. The third-order valence-corrected chi connectivity index (χ3v) is 6.02. The van der Waals surface area contributed by atoms with Crippen molar-refractivity contribution in [2.45, 2.75) is 32.1 Å². The molecule has 1 amide bonds. The van der Waals surface area contributed by atoms with E-state index in [-0.39, 0.29) is 16.7 Å². The summed E-state index contributed by atoms with van der Waals surface area (Å²) in [6.45, 7) is 5.88. The van der Waals surface area contributed by atoms with E-state index in [9.17, 15) is 4.79 Å². The lowest BCUT2D eigenvalue weighted by molar-refractivity contribution is -0.118. The number of rotatable bonds is 5. The molecule has 4 heterocycles. The Morgan fingerprint density at radius 3 is 2.43 bits per heavy atom. The number of primary amides is 1. The number of nitrogens with two attached hydrogens (primary N) is 1. The van der Waals surface area contributed by atoms with E-state index in [1.807, 2.05) is 52.3 Å². The maximum absolute atomic E-state index is 15.4. The van der Waals surface area contributed by atoms with Crippen molar-refractivity contribution >= 4 is 11.4 Å². The van der Waals surface area contributed by atoms with E-state index < -0.39 is 17.6 Å². The van der Waals surface area contributed by atoms with Crippen molar-refractivity contribution in [3.63, 3.8) is 0 Å². The molecule has 2 N–H and O–H groups in total. The molecule has 0 fully saturated rings. The summed E-state index contributed by atoms with van der Waals surface area (Å²) in [6, 6.07) is 10.3. The molecule has 1 aromatic carbocycles. The van der Waals surface area contributed by atoms with Crippen molar-refractivity contribution in [1.29, 1.82) is 0 Å². The van der Waals surface area contributed by atoms with Crippen molar-refractivity contribution in [2.24, 2.45) is 12.8 Å². The van der Waals surface area contributed by atoms with Crippen LogP contribution in [-0.2, 0) is 17.3 Å². The second-order valence-corrected chi connectivity index (χ2v) is 9.65. The quantitative estimate of drug-likeness (QED) is 0.407. The zero-order valence-corrected chi connectivity index (χ0v) is 19.9. The molecule has 0 saturated carbocycles. The van der Waals surface area contributed by atoms with Crippen LogP contribution in [0.1, 0.15) is 43.7 Å². The van der Waals surface area contributed by atoms with Gasteiger partial charge in [0.2, 0.25) is 5.91 Å². The normalized spacial score (nSPS) is 12.8. The van der Waals surface area contributed by atoms with Gasteiger partial charge in [-0.3, -0.25) is 9.48 Å². The van der Waals surface area contributed by atoms with Crippen LogP contribution in [0.15, 0.2) is 65.7 Å². The van der Waals surface area contributed by atoms with Gasteiger partial charge in [-0.2, -0.15) is 10.2 Å². The molecular weight excluding hydrogens is 447 g/mol. The van der Waals surface area contributed by atoms with Gasteiger partial charge in [0, 0.05) is 53.2 Å². The number of amides is 1. The predicted octanol–water partition coefficient (Wildman–Crippen LogP) is 4.44. The summed E-state index contributed by atoms with van der Waals surface area (Å²) >= 11 is 0. The van der Waals surface area contributed by atoms with E-state index in [4.69, 9.17) is 10.3 Å². The fourth-order valence-electron chi connectivity index (χ4n) is 4.11. The fraction of sp³-hybridized carbons (Fsp3) is 0.231. The molecule has 5 rings (SSSR count). The van der Waals surface area contributed by atoms with Crippen LogP contribution in [0.5, 0.6) is 0 Å². The molecule has 0 radical (unpaired) electrons. The molecule has 0 saturated heterocycles. The molecular formula is C26H25FN6O2. The maximum atomic E-state index is 15.4. The average Bonchev–Trinajstić information content (AvgIpc) is 3.53. The van der Waals surface area contributed by atoms with E-state index in [1.54, 1.807) is 39.8 Å². The lowest BCUT2D eigenvalue weighted by atomic mass is 9.89. The molecule has 0 bridgehead atoms. The molecule has 5 aromatic rings. The first-order valence-electron chi connectivity index (χ1n) is 11.1. The first kappa shape index (κ1) is 22.5. The van der Waals surface area contributed by atoms with E-state index >= 15 is 4.39 Å². The number of hydrogen-bond donors (Lipinski definition) is 1. The van der Waals surface area contributed by atoms with Crippen LogP contribution in [0.25, 0.3) is 27.8 Å². The summed E-state index contributed by atoms with van der Waals surface area (Å²) in [4.78, 5) is 12.3. The summed E-state index contributed by atoms with van der Waals surface area (Å²) < 4.78 is 24.2. The van der Waals surface area contributed by atoms with Gasteiger partial charge < -0.3 is 10.3 Å². The van der Waals surface area contributed by atoms with Gasteiger partial charge in [0.25, 0.3) is 0 Å². The summed E-state index contributed by atoms with van der Waals surface area (Å²) in [5.74, 6) is -1.73. The van der Waals surface area contributed by atoms with Gasteiger partial charge in [-0.1, -0.05) is 44.1 Å². The zero-order valence-electron chi connectivity index (χ0n) is 19.9. The molecule has 1 unspecified atom stereocenters. The first-order valence-corrected chi connectivity index (χ1v) is 11.1. The monoisotopic (exact) mass is 472 g/mol. The number of aromatic nitrogens is 5. The molecule has 1 atom stereocenters. The Hall–Kier alpha value is -4.27. The van der Waals surface area contributed by atoms with Crippen LogP contribution in [0.4, 0.5) is 4.39 Å². The number of halogens is 1. The Bertz CT molecular complexity index is 1560. The largest absolute Gasteiger partial charge is 0.369 e. The molecule has 178 valence electrons. The van der Waals surface area contributed by atoms with Crippen molar-refractivity contribution in [3.8, 4) is 22.3 Å². The fourth-order valence-corrected chi connectivity index (χ4v) is 4.11. The van der Waals surface area contributed by atoms with Crippen molar-refractivity contribution in [1.82, 2.24) is 24.6 Å². The minimum absolute atomic E-state index is 0.144. The summed E-state index contributed by atoms with van der Waals surface area (Å²) in [5.41, 5.74) is 9.93. The number of carbonyl (C=O) groups excluding carboxylic acids is 1. The Kier molecular flexibility index (Phi) is 5.27. The first-order chi connectivity index (χ1) is 16.6. The highest BCUT2D eigenvalue weighted by molar-refractivity contribution is 5.86. The Labute approximate surface area is 201 Å². The minimum atomic E-state index is -1.06. The standard InChI is InChI=1S/C26H25FN6O2/c1-26(2,3)23-10-21(31-35-23)24(25(28)34)18-7-5-15(9-20(18)27)19-12-30-33-14-16(6-8-22(19)33)17-11-29-32(4)13-17/h5-14,24H,1-4H3,(H2,28,34). The number of aryl methyl sites for hydroxylation is 1. The van der Waals surface area contributed by atoms with Crippen LogP contribution < -0.4 is 5.73 Å². The van der Waals surface area contributed by atoms with Gasteiger partial charge in [0.1, 0.15) is 23.2 Å². The lowest BCUT2D eigenvalue weighted by Gasteiger charge is -2.14. The Balaban J connectivity index is 1.50. The Morgan fingerprint density at radius 2 is 1.80 bits per heavy atom. The highest BCUT2D eigenvalue weighted by atomic mass is 19.1. The predicted molar refractivity (Wildman–Crippen MR) is 129 cm³/mol. The van der Waals surface area contributed by atoms with Crippen LogP contribution in [0.3, 0.4) is 0 Å². The number of hydrogen-bond acceptors (Lipinski definition) is 5. The number of carbonyl (C=O) groups is 1. The third kappa shape index (κ3) is 4.09. The van der Waals surface area contributed by atoms with Crippen LogP contribution >= 0.6 is 0 Å². The van der Waals surface area contributed by atoms with E-state index in [1.165, 1.54) is 6.07 Å². The van der Waals surface area contributed by atoms with Gasteiger partial charge in [-0.25, -0.2) is 8.91 Å². The van der Waals surface area contributed by atoms with Crippen molar-refractivity contribution in [3.05, 3.63) is 84.0 Å². The van der Waals surface area contributed by atoms with Crippen molar-refractivity contribution in [2.75, 3.05) is 0 Å². The molecule has 8 nitrogen and oxygen atoms in total. The molecule has 0 aliphatic heterocycles. The zero-order chi connectivity index (χ0) is 24.9. The number of pyridine rings is 1. The maximum Gasteiger partial charge on any atom is 0.231 e. The smallest absolute Gasteiger partial charge is 0.231 e. The van der Waals surface area contributed by atoms with Gasteiger partial charge >= 0.3 is 0 Å². The van der Waals surface area contributed by atoms with E-state index in [2.05, 4.69) is 15.4 Å². The third-order valence-electron chi connectivity index (χ3n) is 6.02. The second kappa shape index (κ2) is 8.19. The average molecular weight is 473 g/mol. The van der Waals surface area contributed by atoms with Crippen LogP contribution in [0, 0.1) is 5.82 Å². The van der Waals surface area contributed by atoms with Gasteiger partial charge in [-0.05, 0) is 17.7 Å². The molecule has 9 heteroatoms. The second-order valence-electron chi connectivity index (χ2n) is 9.65. The van der Waals surface area contributed by atoms with Gasteiger partial charge in [0.15, 0.2) is 0 Å². The molecule has 0 aliphatic rings. The molecule has 0 aliphatic carbocycles.